The summed E-state index contributed by atoms with van der Waals surface area (Å²) in [5, 5.41) is 0. The van der Waals surface area contributed by atoms with E-state index in [4.69, 9.17) is 14.2 Å². The van der Waals surface area contributed by atoms with Crippen molar-refractivity contribution in [1.29, 1.82) is 0 Å². The first-order chi connectivity index (χ1) is 9.03. The van der Waals surface area contributed by atoms with Crippen LogP contribution in [0.3, 0.4) is 0 Å². The highest BCUT2D eigenvalue weighted by atomic mass is 16.8. The van der Waals surface area contributed by atoms with Crippen LogP contribution in [0.5, 0.6) is 0 Å². The Morgan fingerprint density at radius 2 is 0.842 bits per heavy atom. The lowest BCUT2D eigenvalue weighted by molar-refractivity contribution is -0.297. The van der Waals surface area contributed by atoms with Crippen LogP contribution in [0.15, 0.2) is 0 Å². The zero-order valence-electron chi connectivity index (χ0n) is 13.8. The molecular formula is C16H34O3. The molecule has 3 unspecified atom stereocenters. The zero-order chi connectivity index (χ0) is 14.7. The van der Waals surface area contributed by atoms with Gasteiger partial charge in [0.25, 0.3) is 6.48 Å². The molecule has 0 aromatic heterocycles. The lowest BCUT2D eigenvalue weighted by Crippen LogP contribution is -2.27. The molecule has 0 rings (SSSR count). The molecule has 3 atom stereocenters. The molecule has 0 spiro atoms. The summed E-state index contributed by atoms with van der Waals surface area (Å²) in [6.45, 7) is 14.6. The molecule has 0 aliphatic rings. The molecular weight excluding hydrogens is 240 g/mol. The van der Waals surface area contributed by atoms with E-state index in [9.17, 15) is 0 Å². The third kappa shape index (κ3) is 10.3. The zero-order valence-corrected chi connectivity index (χ0v) is 13.8. The van der Waals surface area contributed by atoms with E-state index in [1.54, 1.807) is 0 Å². The van der Waals surface area contributed by atoms with Gasteiger partial charge in [-0.3, -0.25) is 0 Å². The molecule has 19 heavy (non-hydrogen) atoms. The van der Waals surface area contributed by atoms with Gasteiger partial charge in [-0.2, -0.15) is 0 Å². The van der Waals surface area contributed by atoms with Gasteiger partial charge in [0.15, 0.2) is 0 Å². The molecule has 0 fully saturated rings. The van der Waals surface area contributed by atoms with Gasteiger partial charge in [-0.05, 0) is 17.8 Å². The molecule has 3 nitrogen and oxygen atoms in total. The average molecular weight is 274 g/mol. The molecule has 0 heterocycles. The van der Waals surface area contributed by atoms with Gasteiger partial charge in [0.05, 0.1) is 19.8 Å². The molecule has 0 aliphatic heterocycles. The van der Waals surface area contributed by atoms with E-state index >= 15 is 0 Å². The fraction of sp³-hybridized carbons (Fsp3) is 1.00. The largest absolute Gasteiger partial charge is 0.330 e. The van der Waals surface area contributed by atoms with Crippen LogP contribution in [0.25, 0.3) is 0 Å². The molecule has 0 saturated carbocycles. The van der Waals surface area contributed by atoms with E-state index in [0.29, 0.717) is 37.6 Å². The second-order valence-corrected chi connectivity index (χ2v) is 5.83. The highest BCUT2D eigenvalue weighted by Gasteiger charge is 2.14. The number of ether oxygens (including phenoxy) is 3. The van der Waals surface area contributed by atoms with Crippen LogP contribution in [0.2, 0.25) is 0 Å². The van der Waals surface area contributed by atoms with Crippen LogP contribution in [0, 0.1) is 17.8 Å². The van der Waals surface area contributed by atoms with Crippen molar-refractivity contribution in [2.45, 2.75) is 67.3 Å². The van der Waals surface area contributed by atoms with Gasteiger partial charge in [-0.1, -0.05) is 60.8 Å². The van der Waals surface area contributed by atoms with E-state index < -0.39 is 6.48 Å². The van der Waals surface area contributed by atoms with Crippen LogP contribution in [-0.4, -0.2) is 26.3 Å². The summed E-state index contributed by atoms with van der Waals surface area (Å²) >= 11 is 0. The van der Waals surface area contributed by atoms with Crippen LogP contribution in [0.1, 0.15) is 60.8 Å². The number of rotatable bonds is 12. The van der Waals surface area contributed by atoms with Crippen molar-refractivity contribution in [2.75, 3.05) is 19.8 Å². The summed E-state index contributed by atoms with van der Waals surface area (Å²) in [5.41, 5.74) is 0. The number of hydrogen-bond donors (Lipinski definition) is 0. The molecule has 0 N–H and O–H groups in total. The second kappa shape index (κ2) is 11.7. The maximum Gasteiger partial charge on any atom is 0.271 e. The molecule has 0 amide bonds. The summed E-state index contributed by atoms with van der Waals surface area (Å²) in [6.07, 6.45) is 3.34. The predicted octanol–water partition coefficient (Wildman–Crippen LogP) is 4.46. The maximum absolute atomic E-state index is 5.74. The molecule has 0 aromatic carbocycles. The standard InChI is InChI=1S/C16H34O3/c1-7-13(4)10-17-16(18-11-14(5)8-2)19-12-15(6)9-3/h13-16H,7-12H2,1-6H3. The van der Waals surface area contributed by atoms with Crippen molar-refractivity contribution in [1.82, 2.24) is 0 Å². The average Bonchev–Trinajstić information content (AvgIpc) is 2.44. The van der Waals surface area contributed by atoms with Crippen molar-refractivity contribution in [2.24, 2.45) is 17.8 Å². The number of hydrogen-bond acceptors (Lipinski definition) is 3. The minimum Gasteiger partial charge on any atom is -0.330 e. The maximum atomic E-state index is 5.74. The minimum absolute atomic E-state index is 0.503. The van der Waals surface area contributed by atoms with Crippen molar-refractivity contribution in [3.05, 3.63) is 0 Å². The molecule has 0 aliphatic carbocycles. The third-order valence-corrected chi connectivity index (χ3v) is 3.64. The lowest BCUT2D eigenvalue weighted by atomic mass is 10.1. The SMILES string of the molecule is CCC(C)COC(OCC(C)CC)OCC(C)CC. The third-order valence-electron chi connectivity index (χ3n) is 3.64. The summed E-state index contributed by atoms with van der Waals surface area (Å²) in [4.78, 5) is 0. The van der Waals surface area contributed by atoms with Gasteiger partial charge in [-0.25, -0.2) is 0 Å². The Morgan fingerprint density at radius 3 is 1.05 bits per heavy atom. The smallest absolute Gasteiger partial charge is 0.271 e. The molecule has 0 radical (unpaired) electrons. The molecule has 116 valence electrons. The highest BCUT2D eigenvalue weighted by Crippen LogP contribution is 2.11. The van der Waals surface area contributed by atoms with Crippen molar-refractivity contribution >= 4 is 0 Å². The summed E-state index contributed by atoms with van der Waals surface area (Å²) < 4.78 is 17.2. The molecule has 0 aromatic rings. The van der Waals surface area contributed by atoms with Gasteiger partial charge in [0.1, 0.15) is 0 Å². The molecule has 0 saturated heterocycles. The van der Waals surface area contributed by atoms with Gasteiger partial charge in [-0.15, -0.1) is 0 Å². The first-order valence-corrected chi connectivity index (χ1v) is 7.88. The fourth-order valence-corrected chi connectivity index (χ4v) is 1.23. The van der Waals surface area contributed by atoms with Crippen LogP contribution in [0.4, 0.5) is 0 Å². The lowest BCUT2D eigenvalue weighted by Gasteiger charge is -2.23. The normalized spacial score (nSPS) is 18.0. The predicted molar refractivity (Wildman–Crippen MR) is 80.0 cm³/mol. The van der Waals surface area contributed by atoms with E-state index in [1.165, 1.54) is 0 Å². The first kappa shape index (κ1) is 18.9. The minimum atomic E-state index is -0.503. The Bertz CT molecular complexity index is 163. The summed E-state index contributed by atoms with van der Waals surface area (Å²) in [5.74, 6) is 1.63. The van der Waals surface area contributed by atoms with Gasteiger partial charge in [0, 0.05) is 0 Å². The van der Waals surface area contributed by atoms with E-state index in [1.807, 2.05) is 0 Å². The van der Waals surface area contributed by atoms with Crippen molar-refractivity contribution in [3.63, 3.8) is 0 Å². The summed E-state index contributed by atoms with van der Waals surface area (Å²) in [6, 6.07) is 0. The van der Waals surface area contributed by atoms with E-state index in [-0.39, 0.29) is 0 Å². The van der Waals surface area contributed by atoms with Crippen molar-refractivity contribution < 1.29 is 14.2 Å². The Morgan fingerprint density at radius 1 is 0.579 bits per heavy atom. The Labute approximate surface area is 120 Å². The summed E-state index contributed by atoms with van der Waals surface area (Å²) in [7, 11) is 0. The van der Waals surface area contributed by atoms with E-state index in [0.717, 1.165) is 19.3 Å². The van der Waals surface area contributed by atoms with Crippen LogP contribution in [-0.2, 0) is 14.2 Å². The molecule has 3 heteroatoms. The Kier molecular flexibility index (Phi) is 11.6. The topological polar surface area (TPSA) is 27.7 Å². The quantitative estimate of drug-likeness (QED) is 0.492. The van der Waals surface area contributed by atoms with Gasteiger partial charge in [0.2, 0.25) is 0 Å². The monoisotopic (exact) mass is 274 g/mol. The van der Waals surface area contributed by atoms with Gasteiger partial charge < -0.3 is 14.2 Å². The molecule has 0 bridgehead atoms. The van der Waals surface area contributed by atoms with Crippen molar-refractivity contribution in [3.8, 4) is 0 Å². The van der Waals surface area contributed by atoms with Gasteiger partial charge >= 0.3 is 0 Å². The second-order valence-electron chi connectivity index (χ2n) is 5.83. The first-order valence-electron chi connectivity index (χ1n) is 7.88. The Hall–Kier alpha value is -0.120. The highest BCUT2D eigenvalue weighted by molar-refractivity contribution is 4.50. The fourth-order valence-electron chi connectivity index (χ4n) is 1.23. The van der Waals surface area contributed by atoms with Crippen LogP contribution >= 0.6 is 0 Å². The Balaban J connectivity index is 4.06. The van der Waals surface area contributed by atoms with Crippen LogP contribution < -0.4 is 0 Å². The van der Waals surface area contributed by atoms with E-state index in [2.05, 4.69) is 41.5 Å².